The fourth-order valence-electron chi connectivity index (χ4n) is 4.97. The highest BCUT2D eigenvalue weighted by molar-refractivity contribution is 5.85. The smallest absolute Gasteiger partial charge is 0.239 e. The van der Waals surface area contributed by atoms with E-state index in [9.17, 15) is 4.79 Å². The molecule has 4 aliphatic rings. The van der Waals surface area contributed by atoms with Crippen LogP contribution in [-0.2, 0) is 9.53 Å². The number of rotatable bonds is 3. The molecule has 4 unspecified atom stereocenters. The van der Waals surface area contributed by atoms with Crippen molar-refractivity contribution in [2.75, 3.05) is 45.9 Å². The minimum absolute atomic E-state index is 0. The van der Waals surface area contributed by atoms with E-state index in [2.05, 4.69) is 15.1 Å². The Hall–Kier alpha value is -0.0700. The highest BCUT2D eigenvalue weighted by Gasteiger charge is 2.40. The van der Waals surface area contributed by atoms with Crippen molar-refractivity contribution in [2.45, 2.75) is 50.6 Å². The zero-order valence-electron chi connectivity index (χ0n) is 15.0. The quantitative estimate of drug-likeness (QED) is 0.795. The summed E-state index contributed by atoms with van der Waals surface area (Å²) in [7, 11) is 0. The molecule has 146 valence electrons. The molecule has 25 heavy (non-hydrogen) atoms. The third-order valence-electron chi connectivity index (χ3n) is 6.39. The van der Waals surface area contributed by atoms with Gasteiger partial charge in [-0.1, -0.05) is 12.8 Å². The summed E-state index contributed by atoms with van der Waals surface area (Å²) in [6, 6.07) is 0.708. The van der Waals surface area contributed by atoms with Crippen molar-refractivity contribution in [2.24, 2.45) is 11.8 Å². The van der Waals surface area contributed by atoms with Crippen LogP contribution in [0.2, 0.25) is 0 Å². The first-order valence-electron chi connectivity index (χ1n) is 9.64. The second kappa shape index (κ2) is 9.75. The van der Waals surface area contributed by atoms with Crippen LogP contribution in [-0.4, -0.2) is 73.7 Å². The van der Waals surface area contributed by atoms with Crippen molar-refractivity contribution in [1.82, 2.24) is 15.1 Å². The molecule has 5 nitrogen and oxygen atoms in total. The maximum absolute atomic E-state index is 12.8. The summed E-state index contributed by atoms with van der Waals surface area (Å²) >= 11 is 0. The van der Waals surface area contributed by atoms with E-state index in [1.54, 1.807) is 0 Å². The largest absolute Gasteiger partial charge is 0.381 e. The lowest BCUT2D eigenvalue weighted by Crippen LogP contribution is -2.54. The molecular weight excluding hydrogens is 361 g/mol. The van der Waals surface area contributed by atoms with E-state index < -0.39 is 0 Å². The average molecular weight is 394 g/mol. The predicted molar refractivity (Wildman–Crippen MR) is 104 cm³/mol. The molecular formula is C18H33Cl2N3O2. The number of fused-ring (bicyclic) bond motifs is 1. The lowest BCUT2D eigenvalue weighted by molar-refractivity contribution is -0.135. The van der Waals surface area contributed by atoms with Gasteiger partial charge in [0, 0.05) is 45.4 Å². The third-order valence-corrected chi connectivity index (χ3v) is 6.39. The molecule has 0 aromatic carbocycles. The van der Waals surface area contributed by atoms with Crippen molar-refractivity contribution in [3.8, 4) is 0 Å². The number of piperazine rings is 1. The molecule has 3 saturated heterocycles. The summed E-state index contributed by atoms with van der Waals surface area (Å²) in [5.74, 6) is 1.82. The Bertz CT molecular complexity index is 413. The molecule has 4 rings (SSSR count). The number of halogens is 2. The number of hydrogen-bond donors (Lipinski definition) is 1. The van der Waals surface area contributed by atoms with Crippen molar-refractivity contribution < 1.29 is 9.53 Å². The molecule has 0 aromatic rings. The van der Waals surface area contributed by atoms with E-state index in [0.29, 0.717) is 17.9 Å². The Labute approximate surface area is 164 Å². The summed E-state index contributed by atoms with van der Waals surface area (Å²) in [6.45, 7) is 6.87. The van der Waals surface area contributed by atoms with Gasteiger partial charge in [0.15, 0.2) is 0 Å². The molecule has 0 aromatic heterocycles. The number of amides is 1. The molecule has 0 bridgehead atoms. The summed E-state index contributed by atoms with van der Waals surface area (Å²) in [5, 5.41) is 3.64. The first kappa shape index (κ1) is 21.2. The van der Waals surface area contributed by atoms with E-state index in [-0.39, 0.29) is 30.9 Å². The van der Waals surface area contributed by atoms with Gasteiger partial charge >= 0.3 is 0 Å². The monoisotopic (exact) mass is 393 g/mol. The van der Waals surface area contributed by atoms with Gasteiger partial charge in [-0.2, -0.15) is 0 Å². The Morgan fingerprint density at radius 1 is 1.04 bits per heavy atom. The molecule has 0 radical (unpaired) electrons. The second-order valence-corrected chi connectivity index (χ2v) is 7.96. The zero-order chi connectivity index (χ0) is 15.6. The van der Waals surface area contributed by atoms with Crippen molar-refractivity contribution in [3.63, 3.8) is 0 Å². The Kier molecular flexibility index (Phi) is 8.28. The number of hydrogen-bond acceptors (Lipinski definition) is 4. The summed E-state index contributed by atoms with van der Waals surface area (Å²) in [4.78, 5) is 17.4. The summed E-state index contributed by atoms with van der Waals surface area (Å²) in [6.07, 6.45) is 7.55. The number of carbonyl (C=O) groups is 1. The molecule has 3 heterocycles. The summed E-state index contributed by atoms with van der Waals surface area (Å²) in [5.41, 5.74) is 0. The SMILES string of the molecule is Cl.Cl.O=C(C1CC2CCCCC2N1)N1CCN(CC2CCOC2)CC1. The van der Waals surface area contributed by atoms with E-state index in [0.717, 1.165) is 58.3 Å². The first-order valence-corrected chi connectivity index (χ1v) is 9.64. The van der Waals surface area contributed by atoms with Gasteiger partial charge in [0.05, 0.1) is 12.6 Å². The molecule has 4 fully saturated rings. The molecule has 1 saturated carbocycles. The van der Waals surface area contributed by atoms with Gasteiger partial charge in [0.2, 0.25) is 5.91 Å². The van der Waals surface area contributed by atoms with Crippen LogP contribution in [0.1, 0.15) is 38.5 Å². The first-order chi connectivity index (χ1) is 11.3. The van der Waals surface area contributed by atoms with Crippen LogP contribution >= 0.6 is 24.8 Å². The third kappa shape index (κ3) is 5.01. The molecule has 0 spiro atoms. The van der Waals surface area contributed by atoms with Crippen LogP contribution in [0, 0.1) is 11.8 Å². The topological polar surface area (TPSA) is 44.8 Å². The number of ether oxygens (including phenoxy) is 1. The maximum atomic E-state index is 12.8. The zero-order valence-corrected chi connectivity index (χ0v) is 16.7. The van der Waals surface area contributed by atoms with E-state index in [1.165, 1.54) is 32.1 Å². The minimum atomic E-state index is 0. The highest BCUT2D eigenvalue weighted by atomic mass is 35.5. The van der Waals surface area contributed by atoms with Crippen molar-refractivity contribution >= 4 is 30.7 Å². The van der Waals surface area contributed by atoms with Crippen LogP contribution in [0.4, 0.5) is 0 Å². The molecule has 1 amide bonds. The number of nitrogens with one attached hydrogen (secondary N) is 1. The predicted octanol–water partition coefficient (Wildman–Crippen LogP) is 1.93. The fourth-order valence-corrected chi connectivity index (χ4v) is 4.97. The summed E-state index contributed by atoms with van der Waals surface area (Å²) < 4.78 is 5.47. The van der Waals surface area contributed by atoms with Crippen LogP contribution < -0.4 is 5.32 Å². The average Bonchev–Trinajstić information content (AvgIpc) is 3.24. The van der Waals surface area contributed by atoms with Crippen molar-refractivity contribution in [1.29, 1.82) is 0 Å². The van der Waals surface area contributed by atoms with Crippen LogP contribution in [0.5, 0.6) is 0 Å². The molecule has 1 N–H and O–H groups in total. The van der Waals surface area contributed by atoms with Gasteiger partial charge in [0.1, 0.15) is 0 Å². The number of nitrogens with zero attached hydrogens (tertiary/aromatic N) is 2. The van der Waals surface area contributed by atoms with Crippen molar-refractivity contribution in [3.05, 3.63) is 0 Å². The molecule has 1 aliphatic carbocycles. The minimum Gasteiger partial charge on any atom is -0.381 e. The van der Waals surface area contributed by atoms with E-state index in [4.69, 9.17) is 4.74 Å². The Balaban J connectivity index is 0.00000113. The number of carbonyl (C=O) groups excluding carboxylic acids is 1. The lowest BCUT2D eigenvalue weighted by Gasteiger charge is -2.36. The standard InChI is InChI=1S/C18H31N3O2.2ClH/c22-18(17-11-15-3-1-2-4-16(15)19-17)21-8-6-20(7-9-21)12-14-5-10-23-13-14;;/h14-17,19H,1-13H2;2*1H. The normalized spacial score (nSPS) is 35.6. The Morgan fingerprint density at radius 2 is 1.80 bits per heavy atom. The van der Waals surface area contributed by atoms with Gasteiger partial charge in [-0.3, -0.25) is 9.69 Å². The molecule has 3 aliphatic heterocycles. The van der Waals surface area contributed by atoms with Gasteiger partial charge in [-0.25, -0.2) is 0 Å². The molecule has 7 heteroatoms. The lowest BCUT2D eigenvalue weighted by atomic mass is 9.85. The highest BCUT2D eigenvalue weighted by Crippen LogP contribution is 2.33. The van der Waals surface area contributed by atoms with E-state index in [1.807, 2.05) is 0 Å². The Morgan fingerprint density at radius 3 is 2.48 bits per heavy atom. The van der Waals surface area contributed by atoms with Crippen LogP contribution in [0.15, 0.2) is 0 Å². The van der Waals surface area contributed by atoms with Crippen LogP contribution in [0.3, 0.4) is 0 Å². The fraction of sp³-hybridized carbons (Fsp3) is 0.944. The maximum Gasteiger partial charge on any atom is 0.239 e. The second-order valence-electron chi connectivity index (χ2n) is 7.96. The van der Waals surface area contributed by atoms with E-state index >= 15 is 0 Å². The van der Waals surface area contributed by atoms with Crippen LogP contribution in [0.25, 0.3) is 0 Å². The van der Waals surface area contributed by atoms with Gasteiger partial charge < -0.3 is 15.0 Å². The van der Waals surface area contributed by atoms with Gasteiger partial charge in [0.25, 0.3) is 0 Å². The van der Waals surface area contributed by atoms with Gasteiger partial charge in [-0.15, -0.1) is 24.8 Å². The van der Waals surface area contributed by atoms with Gasteiger partial charge in [-0.05, 0) is 37.5 Å². The molecule has 4 atom stereocenters.